The smallest absolute Gasteiger partial charge is 0.0484 e. The maximum atomic E-state index is 6.37. The van der Waals surface area contributed by atoms with Crippen LogP contribution in [0.2, 0.25) is 5.02 Å². The van der Waals surface area contributed by atoms with Gasteiger partial charge in [0.2, 0.25) is 0 Å². The molecule has 164 valence electrons. The molecule has 0 fully saturated rings. The molecule has 1 N–H and O–H groups in total. The van der Waals surface area contributed by atoms with Crippen molar-refractivity contribution in [3.05, 3.63) is 59.1 Å². The van der Waals surface area contributed by atoms with Gasteiger partial charge in [-0.1, -0.05) is 121 Å². The fraction of sp³-hybridized carbons (Fsp3) is 0.556. The van der Waals surface area contributed by atoms with Crippen molar-refractivity contribution in [2.75, 3.05) is 13.6 Å². The number of hydrogen-bond donors (Lipinski definition) is 1. The third-order valence-corrected chi connectivity index (χ3v) is 5.26. The molecule has 1 nitrogen and oxygen atoms in total. The molecule has 0 spiro atoms. The Morgan fingerprint density at radius 3 is 1.90 bits per heavy atom. The molecular weight excluding hydrogens is 374 g/mol. The van der Waals surface area contributed by atoms with Crippen LogP contribution >= 0.6 is 11.6 Å². The minimum Gasteiger partial charge on any atom is -0.320 e. The average molecular weight is 418 g/mol. The van der Waals surface area contributed by atoms with E-state index in [0.717, 1.165) is 17.1 Å². The van der Waals surface area contributed by atoms with E-state index in [9.17, 15) is 0 Å². The third kappa shape index (κ3) is 11.5. The summed E-state index contributed by atoms with van der Waals surface area (Å²) in [5, 5.41) is 4.03. The van der Waals surface area contributed by atoms with Crippen LogP contribution in [-0.4, -0.2) is 13.6 Å². The van der Waals surface area contributed by atoms with E-state index in [0.29, 0.717) is 5.92 Å². The molecule has 0 radical (unpaired) electrons. The van der Waals surface area contributed by atoms with Gasteiger partial charge in [0.25, 0.3) is 0 Å². The van der Waals surface area contributed by atoms with Crippen LogP contribution in [0.5, 0.6) is 0 Å². The number of halogens is 1. The Kier molecular flexibility index (Phi) is 17.9. The average Bonchev–Trinajstić information content (AvgIpc) is 2.77. The highest BCUT2D eigenvalue weighted by Gasteiger charge is 2.13. The largest absolute Gasteiger partial charge is 0.320 e. The summed E-state index contributed by atoms with van der Waals surface area (Å²) in [6, 6.07) is 16.7. The minimum atomic E-state index is 0.550. The highest BCUT2D eigenvalue weighted by atomic mass is 35.5. The lowest BCUT2D eigenvalue weighted by molar-refractivity contribution is 0.588. The number of rotatable bonds is 10. The lowest BCUT2D eigenvalue weighted by Gasteiger charge is -2.17. The number of hydrogen-bond acceptors (Lipinski definition) is 1. The van der Waals surface area contributed by atoms with Crippen LogP contribution in [0.1, 0.15) is 91.0 Å². The van der Waals surface area contributed by atoms with Crippen LogP contribution < -0.4 is 5.32 Å². The zero-order chi connectivity index (χ0) is 21.9. The maximum Gasteiger partial charge on any atom is 0.0484 e. The molecule has 0 bridgehead atoms. The lowest BCUT2D eigenvalue weighted by atomic mass is 9.88. The maximum absolute atomic E-state index is 6.37. The Bertz CT molecular complexity index is 619. The van der Waals surface area contributed by atoms with Crippen molar-refractivity contribution in [2.24, 2.45) is 0 Å². The molecular formula is C27H44ClN. The molecule has 2 heteroatoms. The van der Waals surface area contributed by atoms with Gasteiger partial charge in [-0.15, -0.1) is 0 Å². The Labute approximate surface area is 186 Å². The van der Waals surface area contributed by atoms with E-state index in [-0.39, 0.29) is 0 Å². The van der Waals surface area contributed by atoms with Crippen molar-refractivity contribution in [3.63, 3.8) is 0 Å². The summed E-state index contributed by atoms with van der Waals surface area (Å²) in [6.07, 6.45) is 9.23. The molecule has 2 rings (SSSR count). The molecule has 1 unspecified atom stereocenters. The van der Waals surface area contributed by atoms with Gasteiger partial charge in [-0.3, -0.25) is 0 Å². The van der Waals surface area contributed by atoms with Crippen LogP contribution in [0, 0.1) is 0 Å². The Balaban J connectivity index is 0.000000841. The normalized spacial score (nSPS) is 11.0. The van der Waals surface area contributed by atoms with Crippen molar-refractivity contribution >= 4 is 11.6 Å². The number of nitrogens with one attached hydrogen (secondary N) is 1. The van der Waals surface area contributed by atoms with Crippen molar-refractivity contribution in [1.82, 2.24) is 5.32 Å². The standard InChI is InChI=1S/C19H24ClN.C6H14.C2H6/c1-15(9-7-8-14-21-2)16-10-3-4-11-17(16)18-12-5-6-13-19(18)20;1-3-5-6-4-2;1-2/h3-6,10-13,15,21H,7-9,14H2,1-2H3;3-6H2,1-2H3;1-2H3. The van der Waals surface area contributed by atoms with Gasteiger partial charge in [-0.2, -0.15) is 0 Å². The van der Waals surface area contributed by atoms with Crippen LogP contribution in [0.15, 0.2) is 48.5 Å². The summed E-state index contributed by atoms with van der Waals surface area (Å²) in [7, 11) is 2.01. The molecule has 0 aliphatic rings. The predicted octanol–water partition coefficient (Wildman–Crippen LogP) is 9.11. The molecule has 0 aliphatic carbocycles. The first-order chi connectivity index (χ1) is 14.2. The van der Waals surface area contributed by atoms with E-state index in [1.165, 1.54) is 56.1 Å². The van der Waals surface area contributed by atoms with Gasteiger partial charge in [0.05, 0.1) is 0 Å². The highest BCUT2D eigenvalue weighted by molar-refractivity contribution is 6.33. The summed E-state index contributed by atoms with van der Waals surface area (Å²) in [5.41, 5.74) is 3.80. The Morgan fingerprint density at radius 1 is 0.793 bits per heavy atom. The van der Waals surface area contributed by atoms with Crippen molar-refractivity contribution in [3.8, 4) is 11.1 Å². The summed E-state index contributed by atoms with van der Waals surface area (Å²) < 4.78 is 0. The van der Waals surface area contributed by atoms with Crippen LogP contribution in [-0.2, 0) is 0 Å². The lowest BCUT2D eigenvalue weighted by Crippen LogP contribution is -2.07. The van der Waals surface area contributed by atoms with Gasteiger partial charge in [0, 0.05) is 10.6 Å². The van der Waals surface area contributed by atoms with E-state index in [4.69, 9.17) is 11.6 Å². The van der Waals surface area contributed by atoms with Gasteiger partial charge in [0.15, 0.2) is 0 Å². The van der Waals surface area contributed by atoms with E-state index >= 15 is 0 Å². The second kappa shape index (κ2) is 18.7. The molecule has 0 amide bonds. The summed E-state index contributed by atoms with van der Waals surface area (Å²) in [6.45, 7) is 11.9. The molecule has 0 heterocycles. The number of benzene rings is 2. The zero-order valence-electron chi connectivity index (χ0n) is 19.7. The molecule has 2 aromatic rings. The summed E-state index contributed by atoms with van der Waals surface area (Å²) in [4.78, 5) is 0. The minimum absolute atomic E-state index is 0.550. The van der Waals surface area contributed by atoms with Gasteiger partial charge in [-0.05, 0) is 49.5 Å². The van der Waals surface area contributed by atoms with Gasteiger partial charge in [0.1, 0.15) is 0 Å². The first-order valence-corrected chi connectivity index (χ1v) is 12.0. The SMILES string of the molecule is CC.CCCCCC.CNCCCCC(C)c1ccccc1-c1ccccc1Cl. The highest BCUT2D eigenvalue weighted by Crippen LogP contribution is 2.35. The summed E-state index contributed by atoms with van der Waals surface area (Å²) >= 11 is 6.37. The molecule has 0 saturated carbocycles. The second-order valence-corrected chi connectivity index (χ2v) is 7.68. The summed E-state index contributed by atoms with van der Waals surface area (Å²) in [5.74, 6) is 0.550. The predicted molar refractivity (Wildman–Crippen MR) is 134 cm³/mol. The van der Waals surface area contributed by atoms with Crippen molar-refractivity contribution in [2.45, 2.75) is 85.5 Å². The van der Waals surface area contributed by atoms with Crippen LogP contribution in [0.3, 0.4) is 0 Å². The van der Waals surface area contributed by atoms with Gasteiger partial charge < -0.3 is 5.32 Å². The van der Waals surface area contributed by atoms with E-state index in [1.54, 1.807) is 0 Å². The zero-order valence-corrected chi connectivity index (χ0v) is 20.5. The molecule has 2 aromatic carbocycles. The second-order valence-electron chi connectivity index (χ2n) is 7.27. The number of unbranched alkanes of at least 4 members (excludes halogenated alkanes) is 4. The first-order valence-electron chi connectivity index (χ1n) is 11.6. The van der Waals surface area contributed by atoms with Crippen molar-refractivity contribution < 1.29 is 0 Å². The third-order valence-electron chi connectivity index (χ3n) is 4.93. The van der Waals surface area contributed by atoms with E-state index in [2.05, 4.69) is 62.5 Å². The van der Waals surface area contributed by atoms with E-state index in [1.807, 2.05) is 33.0 Å². The topological polar surface area (TPSA) is 12.0 Å². The van der Waals surface area contributed by atoms with Crippen molar-refractivity contribution in [1.29, 1.82) is 0 Å². The Morgan fingerprint density at radius 2 is 1.34 bits per heavy atom. The Hall–Kier alpha value is -1.31. The quantitative estimate of drug-likeness (QED) is 0.380. The first kappa shape index (κ1) is 27.7. The van der Waals surface area contributed by atoms with Gasteiger partial charge >= 0.3 is 0 Å². The fourth-order valence-electron chi connectivity index (χ4n) is 3.26. The fourth-order valence-corrected chi connectivity index (χ4v) is 3.50. The monoisotopic (exact) mass is 417 g/mol. The molecule has 1 atom stereocenters. The van der Waals surface area contributed by atoms with Crippen LogP contribution in [0.25, 0.3) is 11.1 Å². The molecule has 0 saturated heterocycles. The molecule has 0 aliphatic heterocycles. The van der Waals surface area contributed by atoms with Gasteiger partial charge in [-0.25, -0.2) is 0 Å². The molecule has 29 heavy (non-hydrogen) atoms. The van der Waals surface area contributed by atoms with E-state index < -0.39 is 0 Å². The van der Waals surface area contributed by atoms with Crippen LogP contribution in [0.4, 0.5) is 0 Å². The molecule has 0 aromatic heterocycles.